The van der Waals surface area contributed by atoms with Gasteiger partial charge in [0, 0.05) is 5.41 Å². The molecule has 1 heterocycles. The highest BCUT2D eigenvalue weighted by atomic mass is 35.5. The Morgan fingerprint density at radius 3 is 2.67 bits per heavy atom. The second-order valence-electron chi connectivity index (χ2n) is 7.86. The maximum atomic E-state index is 12.4. The first kappa shape index (κ1) is 17.8. The molecule has 2 fully saturated rings. The average Bonchev–Trinajstić information content (AvgIpc) is 2.93. The summed E-state index contributed by atoms with van der Waals surface area (Å²) in [6, 6.07) is 5.58. The fourth-order valence-electron chi connectivity index (χ4n) is 3.98. The summed E-state index contributed by atoms with van der Waals surface area (Å²) in [4.78, 5) is 17.8. The van der Waals surface area contributed by atoms with Crippen LogP contribution in [0.3, 0.4) is 0 Å². The standard InChI is InChI=1S/C17H23Cl2N2O3/c1-16(2,3)24-21(23)20-9-12-6-13(22)8-17(12,10-20)11-4-5-14(18)15(19)7-11/h4-5,7,12-13,22H,6,8-10H2,1-3H3/q+1. The second-order valence-corrected chi connectivity index (χ2v) is 8.68. The van der Waals surface area contributed by atoms with E-state index in [1.165, 1.54) is 0 Å². The fourth-order valence-corrected chi connectivity index (χ4v) is 4.28. The van der Waals surface area contributed by atoms with E-state index < -0.39 is 5.60 Å². The van der Waals surface area contributed by atoms with Crippen molar-refractivity contribution in [3.8, 4) is 0 Å². The van der Waals surface area contributed by atoms with Gasteiger partial charge in [0.05, 0.1) is 29.2 Å². The minimum absolute atomic E-state index is 0.171. The molecule has 7 heteroatoms. The van der Waals surface area contributed by atoms with E-state index in [9.17, 15) is 10.0 Å². The Labute approximate surface area is 152 Å². The molecule has 1 saturated heterocycles. The van der Waals surface area contributed by atoms with E-state index >= 15 is 0 Å². The molecular formula is C17H23Cl2N2O3+. The van der Waals surface area contributed by atoms with E-state index in [2.05, 4.69) is 0 Å². The molecule has 1 saturated carbocycles. The zero-order valence-electron chi connectivity index (χ0n) is 14.1. The maximum absolute atomic E-state index is 12.4. The molecule has 3 atom stereocenters. The summed E-state index contributed by atoms with van der Waals surface area (Å²) >= 11 is 12.2. The lowest BCUT2D eigenvalue weighted by atomic mass is 9.74. The van der Waals surface area contributed by atoms with Crippen molar-refractivity contribution in [1.82, 2.24) is 5.01 Å². The predicted molar refractivity (Wildman–Crippen MR) is 92.9 cm³/mol. The second kappa shape index (κ2) is 6.04. The Morgan fingerprint density at radius 2 is 2.04 bits per heavy atom. The highest BCUT2D eigenvalue weighted by Gasteiger charge is 2.58. The first-order valence-electron chi connectivity index (χ1n) is 8.15. The molecule has 0 aromatic heterocycles. The summed E-state index contributed by atoms with van der Waals surface area (Å²) < 4.78 is 0. The Kier molecular flexibility index (Phi) is 4.47. The maximum Gasteiger partial charge on any atom is 0.360 e. The lowest BCUT2D eigenvalue weighted by molar-refractivity contribution is -0.922. The van der Waals surface area contributed by atoms with Gasteiger partial charge in [-0.05, 0) is 57.2 Å². The van der Waals surface area contributed by atoms with Crippen molar-refractivity contribution in [2.24, 2.45) is 5.92 Å². The predicted octanol–water partition coefficient (Wildman–Crippen LogP) is 3.74. The van der Waals surface area contributed by atoms with Gasteiger partial charge in [-0.2, -0.15) is 4.84 Å². The number of benzene rings is 1. The third-order valence-corrected chi connectivity index (χ3v) is 5.65. The van der Waals surface area contributed by atoms with Crippen LogP contribution in [0.15, 0.2) is 18.2 Å². The van der Waals surface area contributed by atoms with Crippen molar-refractivity contribution < 1.29 is 15.0 Å². The third kappa shape index (κ3) is 3.22. The van der Waals surface area contributed by atoms with E-state index in [1.54, 1.807) is 11.1 Å². The highest BCUT2D eigenvalue weighted by Crippen LogP contribution is 2.51. The number of aliphatic hydroxyl groups is 1. The summed E-state index contributed by atoms with van der Waals surface area (Å²) in [6.07, 6.45) is 0.908. The molecule has 0 bridgehead atoms. The lowest BCUT2D eigenvalue weighted by Crippen LogP contribution is -2.40. The molecule has 1 aromatic carbocycles. The van der Waals surface area contributed by atoms with Gasteiger partial charge in [-0.25, -0.2) is 0 Å². The molecule has 0 amide bonds. The van der Waals surface area contributed by atoms with Crippen LogP contribution >= 0.6 is 23.2 Å². The zero-order chi connectivity index (χ0) is 17.7. The van der Waals surface area contributed by atoms with Gasteiger partial charge in [-0.1, -0.05) is 34.3 Å². The van der Waals surface area contributed by atoms with E-state index in [-0.39, 0.29) is 17.4 Å². The van der Waals surface area contributed by atoms with Crippen molar-refractivity contribution >= 4 is 23.2 Å². The highest BCUT2D eigenvalue weighted by molar-refractivity contribution is 6.42. The minimum atomic E-state index is -0.560. The van der Waals surface area contributed by atoms with Crippen molar-refractivity contribution in [2.45, 2.75) is 50.7 Å². The van der Waals surface area contributed by atoms with Crippen LogP contribution in [-0.4, -0.2) is 39.9 Å². The third-order valence-electron chi connectivity index (χ3n) is 4.91. The molecular weight excluding hydrogens is 351 g/mol. The van der Waals surface area contributed by atoms with Gasteiger partial charge >= 0.3 is 5.03 Å². The Morgan fingerprint density at radius 1 is 1.33 bits per heavy atom. The normalized spacial score (nSPS) is 29.7. The molecule has 3 rings (SSSR count). The van der Waals surface area contributed by atoms with Crippen LogP contribution < -0.4 is 0 Å². The molecule has 5 nitrogen and oxygen atoms in total. The summed E-state index contributed by atoms with van der Waals surface area (Å²) in [5.74, 6) is 0.171. The first-order valence-corrected chi connectivity index (χ1v) is 8.91. The van der Waals surface area contributed by atoms with Gasteiger partial charge in [-0.3, -0.25) is 0 Å². The molecule has 2 aliphatic rings. The summed E-state index contributed by atoms with van der Waals surface area (Å²) in [5, 5.41) is 13.5. The Bertz CT molecular complexity index is 662. The lowest BCUT2D eigenvalue weighted by Gasteiger charge is -2.28. The van der Waals surface area contributed by atoms with E-state index in [0.717, 1.165) is 5.56 Å². The fraction of sp³-hybridized carbons (Fsp3) is 0.647. The molecule has 1 N–H and O–H groups in total. The number of hydrazine groups is 1. The Hall–Kier alpha value is -1.04. The summed E-state index contributed by atoms with van der Waals surface area (Å²) in [6.45, 7) is 6.57. The molecule has 1 aliphatic heterocycles. The topological polar surface area (TPSA) is 52.8 Å². The van der Waals surface area contributed by atoms with Gasteiger partial charge in [0.2, 0.25) is 0 Å². The largest absolute Gasteiger partial charge is 0.393 e. The van der Waals surface area contributed by atoms with Crippen molar-refractivity contribution in [2.75, 3.05) is 13.1 Å². The average molecular weight is 374 g/mol. The van der Waals surface area contributed by atoms with Crippen molar-refractivity contribution in [3.05, 3.63) is 38.7 Å². The summed E-state index contributed by atoms with van der Waals surface area (Å²) in [5.41, 5.74) is 0.151. The first-order chi connectivity index (χ1) is 11.1. The van der Waals surface area contributed by atoms with Crippen LogP contribution in [-0.2, 0) is 10.3 Å². The SMILES string of the molecule is CC(C)(C)O[N+](=O)N1CC2CC(O)CC2(c2ccc(Cl)c(Cl)c2)C1. The van der Waals surface area contributed by atoms with Crippen LogP contribution in [0.25, 0.3) is 0 Å². The minimum Gasteiger partial charge on any atom is -0.393 e. The molecule has 0 radical (unpaired) electrons. The van der Waals surface area contributed by atoms with Gasteiger partial charge in [0.1, 0.15) is 4.91 Å². The monoisotopic (exact) mass is 373 g/mol. The number of nitrogens with zero attached hydrogens (tertiary/aromatic N) is 2. The number of fused-ring (bicyclic) bond motifs is 1. The molecule has 3 unspecified atom stereocenters. The number of hydrogen-bond donors (Lipinski definition) is 1. The van der Waals surface area contributed by atoms with Crippen LogP contribution in [0.4, 0.5) is 0 Å². The van der Waals surface area contributed by atoms with E-state index in [0.29, 0.717) is 41.0 Å². The van der Waals surface area contributed by atoms with Crippen LogP contribution in [0.5, 0.6) is 0 Å². The molecule has 0 spiro atoms. The summed E-state index contributed by atoms with van der Waals surface area (Å²) in [7, 11) is 0. The zero-order valence-corrected chi connectivity index (χ0v) is 15.6. The number of rotatable bonds is 3. The van der Waals surface area contributed by atoms with Gasteiger partial charge < -0.3 is 5.11 Å². The van der Waals surface area contributed by atoms with Crippen molar-refractivity contribution in [1.29, 1.82) is 0 Å². The molecule has 1 aliphatic carbocycles. The van der Waals surface area contributed by atoms with Crippen LogP contribution in [0.1, 0.15) is 39.2 Å². The van der Waals surface area contributed by atoms with Crippen LogP contribution in [0, 0.1) is 10.8 Å². The number of aliphatic hydroxyl groups excluding tert-OH is 1. The molecule has 1 aromatic rings. The van der Waals surface area contributed by atoms with Crippen molar-refractivity contribution in [3.63, 3.8) is 0 Å². The quantitative estimate of drug-likeness (QED) is 0.819. The van der Waals surface area contributed by atoms with Gasteiger partial charge in [0.25, 0.3) is 0 Å². The van der Waals surface area contributed by atoms with Gasteiger partial charge in [-0.15, -0.1) is 0 Å². The van der Waals surface area contributed by atoms with E-state index in [4.69, 9.17) is 28.0 Å². The van der Waals surface area contributed by atoms with Crippen LogP contribution in [0.2, 0.25) is 10.0 Å². The smallest absolute Gasteiger partial charge is 0.360 e. The number of halogens is 2. The molecule has 24 heavy (non-hydrogen) atoms. The number of hydrogen-bond acceptors (Lipinski definition) is 3. The Balaban J connectivity index is 1.89. The molecule has 132 valence electrons. The van der Waals surface area contributed by atoms with Gasteiger partial charge in [0.15, 0.2) is 5.60 Å². The van der Waals surface area contributed by atoms with E-state index in [1.807, 2.05) is 32.9 Å².